The summed E-state index contributed by atoms with van der Waals surface area (Å²) in [6, 6.07) is 3.10. The molecule has 0 saturated carbocycles. The van der Waals surface area contributed by atoms with Gasteiger partial charge in [0.15, 0.2) is 0 Å². The topological polar surface area (TPSA) is 82.5 Å². The van der Waals surface area contributed by atoms with Crippen LogP contribution < -0.4 is 10.2 Å². The first kappa shape index (κ1) is 10.4. The number of hydrogen-bond acceptors (Lipinski definition) is 4. The van der Waals surface area contributed by atoms with Crippen LogP contribution in [0.1, 0.15) is 10.4 Å². The minimum Gasteiger partial charge on any atom is -0.478 e. The molecule has 6 nitrogen and oxygen atoms in total. The lowest BCUT2D eigenvalue weighted by Crippen LogP contribution is -2.48. The van der Waals surface area contributed by atoms with E-state index in [1.54, 1.807) is 6.07 Å². The largest absolute Gasteiger partial charge is 0.478 e. The predicted octanol–water partition coefficient (Wildman–Crippen LogP) is -0.284. The van der Waals surface area contributed by atoms with Crippen LogP contribution in [-0.2, 0) is 4.79 Å². The number of pyridine rings is 1. The van der Waals surface area contributed by atoms with Crippen molar-refractivity contribution in [2.24, 2.45) is 0 Å². The monoisotopic (exact) mass is 221 g/mol. The van der Waals surface area contributed by atoms with Crippen molar-refractivity contribution in [1.82, 2.24) is 10.3 Å². The maximum absolute atomic E-state index is 11.1. The van der Waals surface area contributed by atoms with E-state index in [4.69, 9.17) is 5.11 Å². The second-order valence-corrected chi connectivity index (χ2v) is 3.48. The zero-order chi connectivity index (χ0) is 11.5. The number of carbonyl (C=O) groups is 2. The van der Waals surface area contributed by atoms with Gasteiger partial charge in [0.05, 0.1) is 12.1 Å². The Morgan fingerprint density at radius 1 is 1.50 bits per heavy atom. The predicted molar refractivity (Wildman–Crippen MR) is 56.4 cm³/mol. The van der Waals surface area contributed by atoms with Crippen molar-refractivity contribution in [3.05, 3.63) is 23.9 Å². The molecule has 2 heterocycles. The van der Waals surface area contributed by atoms with Crippen LogP contribution in [0.15, 0.2) is 18.3 Å². The van der Waals surface area contributed by atoms with Gasteiger partial charge < -0.3 is 15.3 Å². The third kappa shape index (κ3) is 2.10. The first-order chi connectivity index (χ1) is 7.66. The molecule has 2 N–H and O–H groups in total. The molecule has 0 aliphatic carbocycles. The summed E-state index contributed by atoms with van der Waals surface area (Å²) in [6.07, 6.45) is 1.30. The molecule has 6 heteroatoms. The minimum absolute atomic E-state index is 0.0460. The highest BCUT2D eigenvalue weighted by molar-refractivity contribution is 5.87. The van der Waals surface area contributed by atoms with Gasteiger partial charge in [-0.1, -0.05) is 0 Å². The van der Waals surface area contributed by atoms with Gasteiger partial charge in [-0.25, -0.2) is 9.78 Å². The van der Waals surface area contributed by atoms with E-state index < -0.39 is 5.97 Å². The fourth-order valence-electron chi connectivity index (χ4n) is 1.53. The van der Waals surface area contributed by atoms with Gasteiger partial charge in [-0.15, -0.1) is 0 Å². The molecule has 0 unspecified atom stereocenters. The second kappa shape index (κ2) is 4.18. The lowest BCUT2D eigenvalue weighted by molar-refractivity contribution is -0.120. The van der Waals surface area contributed by atoms with E-state index in [2.05, 4.69) is 10.3 Å². The summed E-state index contributed by atoms with van der Waals surface area (Å²) in [4.78, 5) is 27.6. The number of rotatable bonds is 2. The Morgan fingerprint density at radius 3 is 2.88 bits per heavy atom. The van der Waals surface area contributed by atoms with Crippen LogP contribution in [0.2, 0.25) is 0 Å². The maximum Gasteiger partial charge on any atom is 0.337 e. The molecule has 1 aromatic rings. The lowest BCUT2D eigenvalue weighted by atomic mass is 10.2. The van der Waals surface area contributed by atoms with Gasteiger partial charge in [-0.3, -0.25) is 4.79 Å². The standard InChI is InChI=1S/C10H11N3O3/c14-9-6-13(4-3-11-9)8-2-1-7(5-12-8)10(15)16/h1-2,5H,3-4,6H2,(H,11,14)(H,15,16). The van der Waals surface area contributed by atoms with Crippen molar-refractivity contribution < 1.29 is 14.7 Å². The smallest absolute Gasteiger partial charge is 0.337 e. The fraction of sp³-hybridized carbons (Fsp3) is 0.300. The van der Waals surface area contributed by atoms with Crippen molar-refractivity contribution >= 4 is 17.7 Å². The zero-order valence-electron chi connectivity index (χ0n) is 8.51. The summed E-state index contributed by atoms with van der Waals surface area (Å²) in [5.74, 6) is -0.425. The number of hydrogen-bond donors (Lipinski definition) is 2. The van der Waals surface area contributed by atoms with Crippen molar-refractivity contribution in [3.8, 4) is 0 Å². The number of anilines is 1. The van der Waals surface area contributed by atoms with Gasteiger partial charge in [-0.2, -0.15) is 0 Å². The second-order valence-electron chi connectivity index (χ2n) is 3.48. The normalized spacial score (nSPS) is 15.8. The van der Waals surface area contributed by atoms with Crippen LogP contribution >= 0.6 is 0 Å². The first-order valence-electron chi connectivity index (χ1n) is 4.88. The number of piperazine rings is 1. The summed E-state index contributed by atoms with van der Waals surface area (Å²) < 4.78 is 0. The van der Waals surface area contributed by atoms with Crippen molar-refractivity contribution in [2.75, 3.05) is 24.5 Å². The number of amides is 1. The number of aromatic carboxylic acids is 1. The molecule has 1 fully saturated rings. The van der Waals surface area contributed by atoms with Crippen LogP contribution in [0.4, 0.5) is 5.82 Å². The number of carboxylic acids is 1. The van der Waals surface area contributed by atoms with Crippen LogP contribution in [0.25, 0.3) is 0 Å². The molecular formula is C10H11N3O3. The van der Waals surface area contributed by atoms with Gasteiger partial charge in [-0.05, 0) is 12.1 Å². The number of carbonyl (C=O) groups excluding carboxylic acids is 1. The Balaban J connectivity index is 2.14. The number of aromatic nitrogens is 1. The zero-order valence-corrected chi connectivity index (χ0v) is 8.51. The van der Waals surface area contributed by atoms with Crippen molar-refractivity contribution in [2.45, 2.75) is 0 Å². The Morgan fingerprint density at radius 2 is 2.31 bits per heavy atom. The summed E-state index contributed by atoms with van der Waals surface area (Å²) >= 11 is 0. The number of carboxylic acid groups (broad SMARTS) is 1. The Hall–Kier alpha value is -2.11. The average Bonchev–Trinajstić information content (AvgIpc) is 2.29. The molecule has 1 aliphatic heterocycles. The SMILES string of the molecule is O=C1CN(c2ccc(C(=O)O)cn2)CCN1. The first-order valence-corrected chi connectivity index (χ1v) is 4.88. The molecule has 0 aromatic carbocycles. The molecule has 16 heavy (non-hydrogen) atoms. The molecule has 0 bridgehead atoms. The molecule has 1 aromatic heterocycles. The van der Waals surface area contributed by atoms with E-state index in [9.17, 15) is 9.59 Å². The fourth-order valence-corrected chi connectivity index (χ4v) is 1.53. The number of nitrogens with one attached hydrogen (secondary N) is 1. The van der Waals surface area contributed by atoms with E-state index in [1.807, 2.05) is 4.90 Å². The van der Waals surface area contributed by atoms with E-state index in [0.29, 0.717) is 18.9 Å². The molecule has 1 amide bonds. The van der Waals surface area contributed by atoms with E-state index >= 15 is 0 Å². The minimum atomic E-state index is -1.00. The van der Waals surface area contributed by atoms with E-state index in [0.717, 1.165) is 0 Å². The third-order valence-corrected chi connectivity index (χ3v) is 2.36. The molecule has 0 spiro atoms. The summed E-state index contributed by atoms with van der Waals surface area (Å²) in [5, 5.41) is 11.4. The Bertz CT molecular complexity index is 416. The Kier molecular flexibility index (Phi) is 2.72. The molecular weight excluding hydrogens is 210 g/mol. The van der Waals surface area contributed by atoms with E-state index in [1.165, 1.54) is 12.3 Å². The van der Waals surface area contributed by atoms with Gasteiger partial charge in [0.25, 0.3) is 0 Å². The highest BCUT2D eigenvalue weighted by Crippen LogP contribution is 2.12. The quantitative estimate of drug-likeness (QED) is 0.717. The van der Waals surface area contributed by atoms with E-state index in [-0.39, 0.29) is 18.0 Å². The molecule has 84 valence electrons. The Labute approximate surface area is 91.9 Å². The molecule has 0 atom stereocenters. The third-order valence-electron chi connectivity index (χ3n) is 2.36. The van der Waals surface area contributed by atoms with Crippen molar-refractivity contribution in [1.29, 1.82) is 0 Å². The number of nitrogens with zero attached hydrogens (tertiary/aromatic N) is 2. The van der Waals surface area contributed by atoms with Gasteiger partial charge in [0.1, 0.15) is 5.82 Å². The average molecular weight is 221 g/mol. The highest BCUT2D eigenvalue weighted by Gasteiger charge is 2.17. The van der Waals surface area contributed by atoms with Gasteiger partial charge in [0, 0.05) is 19.3 Å². The van der Waals surface area contributed by atoms with Crippen molar-refractivity contribution in [3.63, 3.8) is 0 Å². The maximum atomic E-state index is 11.1. The molecule has 1 saturated heterocycles. The van der Waals surface area contributed by atoms with Crippen LogP contribution in [0.5, 0.6) is 0 Å². The molecule has 2 rings (SSSR count). The lowest BCUT2D eigenvalue weighted by Gasteiger charge is -2.27. The van der Waals surface area contributed by atoms with Gasteiger partial charge >= 0.3 is 5.97 Å². The van der Waals surface area contributed by atoms with Crippen LogP contribution in [0.3, 0.4) is 0 Å². The summed E-state index contributed by atoms with van der Waals surface area (Å²) in [6.45, 7) is 1.53. The summed E-state index contributed by atoms with van der Waals surface area (Å²) in [7, 11) is 0. The molecule has 1 aliphatic rings. The summed E-state index contributed by atoms with van der Waals surface area (Å²) in [5.41, 5.74) is 0.144. The van der Waals surface area contributed by atoms with Crippen LogP contribution in [0, 0.1) is 0 Å². The highest BCUT2D eigenvalue weighted by atomic mass is 16.4. The molecule has 0 radical (unpaired) electrons. The van der Waals surface area contributed by atoms with Gasteiger partial charge in [0.2, 0.25) is 5.91 Å². The van der Waals surface area contributed by atoms with Crippen LogP contribution in [-0.4, -0.2) is 41.6 Å².